The van der Waals surface area contributed by atoms with Crippen molar-refractivity contribution in [3.8, 4) is 5.75 Å². The first kappa shape index (κ1) is 21.5. The first-order valence-electron chi connectivity index (χ1n) is 8.87. The quantitative estimate of drug-likeness (QED) is 0.382. The summed E-state index contributed by atoms with van der Waals surface area (Å²) in [5, 5.41) is 17.5. The molecule has 9 heteroatoms. The van der Waals surface area contributed by atoms with Gasteiger partial charge in [-0.3, -0.25) is 19.7 Å². The van der Waals surface area contributed by atoms with Crippen molar-refractivity contribution < 1.29 is 19.2 Å². The van der Waals surface area contributed by atoms with E-state index in [0.29, 0.717) is 17.9 Å². The van der Waals surface area contributed by atoms with E-state index in [0.717, 1.165) is 5.56 Å². The van der Waals surface area contributed by atoms with Gasteiger partial charge in [-0.25, -0.2) is 5.43 Å². The van der Waals surface area contributed by atoms with E-state index in [1.165, 1.54) is 25.3 Å². The van der Waals surface area contributed by atoms with E-state index in [4.69, 9.17) is 4.74 Å². The summed E-state index contributed by atoms with van der Waals surface area (Å²) in [6, 6.07) is 13.7. The molecule has 2 aromatic rings. The predicted octanol–water partition coefficient (Wildman–Crippen LogP) is 3.06. The number of benzene rings is 2. The number of rotatable bonds is 9. The third kappa shape index (κ3) is 7.06. The molecule has 0 aliphatic heterocycles. The molecule has 152 valence electrons. The Kier molecular flexibility index (Phi) is 7.84. The predicted molar refractivity (Wildman–Crippen MR) is 109 cm³/mol. The van der Waals surface area contributed by atoms with Gasteiger partial charge in [-0.15, -0.1) is 0 Å². The number of carbonyl (C=O) groups excluding carboxylic acids is 2. The molecule has 0 aromatic heterocycles. The molecule has 0 aliphatic carbocycles. The first-order valence-corrected chi connectivity index (χ1v) is 8.87. The Morgan fingerprint density at radius 2 is 1.86 bits per heavy atom. The van der Waals surface area contributed by atoms with Crippen LogP contribution in [-0.2, 0) is 16.0 Å². The molecule has 0 saturated heterocycles. The standard InChI is InChI=1S/C20H22N4O5/c1-14(22-23-19(25)11-8-15-6-4-3-5-7-15)12-20(26)21-17-10-9-16(29-2)13-18(17)24(27)28/h3-7,9-10,13H,8,11-12H2,1-2H3,(H,21,26)(H,23,25)/b22-14+. The fourth-order valence-corrected chi connectivity index (χ4v) is 2.48. The van der Waals surface area contributed by atoms with Crippen LogP contribution in [0.1, 0.15) is 25.3 Å². The minimum Gasteiger partial charge on any atom is -0.496 e. The summed E-state index contributed by atoms with van der Waals surface area (Å²) in [6.45, 7) is 1.58. The highest BCUT2D eigenvalue weighted by molar-refractivity contribution is 6.06. The lowest BCUT2D eigenvalue weighted by Crippen LogP contribution is -2.21. The van der Waals surface area contributed by atoms with Gasteiger partial charge in [0.25, 0.3) is 5.69 Å². The van der Waals surface area contributed by atoms with Crippen LogP contribution in [-0.4, -0.2) is 29.6 Å². The Hall–Kier alpha value is -3.75. The molecular formula is C20H22N4O5. The molecule has 0 spiro atoms. The third-order valence-corrected chi connectivity index (χ3v) is 3.95. The number of amides is 2. The number of methoxy groups -OCH3 is 1. The number of nitro groups is 1. The van der Waals surface area contributed by atoms with Crippen LogP contribution in [0.25, 0.3) is 0 Å². The number of ether oxygens (including phenoxy) is 1. The smallest absolute Gasteiger partial charge is 0.296 e. The molecule has 0 atom stereocenters. The molecule has 0 radical (unpaired) electrons. The Morgan fingerprint density at radius 3 is 2.52 bits per heavy atom. The van der Waals surface area contributed by atoms with E-state index in [-0.39, 0.29) is 30.1 Å². The maximum atomic E-state index is 12.1. The van der Waals surface area contributed by atoms with Crippen LogP contribution in [0, 0.1) is 10.1 Å². The maximum Gasteiger partial charge on any atom is 0.296 e. The van der Waals surface area contributed by atoms with Crippen molar-refractivity contribution in [1.82, 2.24) is 5.43 Å². The summed E-state index contributed by atoms with van der Waals surface area (Å²) in [7, 11) is 1.39. The van der Waals surface area contributed by atoms with Crippen LogP contribution in [0.4, 0.5) is 11.4 Å². The summed E-state index contributed by atoms with van der Waals surface area (Å²) >= 11 is 0. The summed E-state index contributed by atoms with van der Waals surface area (Å²) in [4.78, 5) is 34.6. The second-order valence-corrected chi connectivity index (χ2v) is 6.23. The van der Waals surface area contributed by atoms with Crippen LogP contribution in [0.5, 0.6) is 5.75 Å². The summed E-state index contributed by atoms with van der Waals surface area (Å²) in [5.74, 6) is -0.442. The number of nitrogens with zero attached hydrogens (tertiary/aromatic N) is 2. The number of aryl methyl sites for hydroxylation is 1. The van der Waals surface area contributed by atoms with Crippen molar-refractivity contribution in [2.45, 2.75) is 26.2 Å². The lowest BCUT2D eigenvalue weighted by molar-refractivity contribution is -0.384. The molecular weight excluding hydrogens is 376 g/mol. The largest absolute Gasteiger partial charge is 0.496 e. The lowest BCUT2D eigenvalue weighted by Gasteiger charge is -2.08. The van der Waals surface area contributed by atoms with Crippen LogP contribution < -0.4 is 15.5 Å². The zero-order valence-corrected chi connectivity index (χ0v) is 16.2. The van der Waals surface area contributed by atoms with Gasteiger partial charge >= 0.3 is 0 Å². The highest BCUT2D eigenvalue weighted by Gasteiger charge is 2.17. The van der Waals surface area contributed by atoms with Crippen molar-refractivity contribution in [1.29, 1.82) is 0 Å². The van der Waals surface area contributed by atoms with Crippen LogP contribution in [0.15, 0.2) is 53.6 Å². The van der Waals surface area contributed by atoms with Crippen molar-refractivity contribution in [3.05, 3.63) is 64.2 Å². The van der Waals surface area contributed by atoms with E-state index >= 15 is 0 Å². The molecule has 9 nitrogen and oxygen atoms in total. The van der Waals surface area contributed by atoms with Gasteiger partial charge in [0, 0.05) is 12.1 Å². The van der Waals surface area contributed by atoms with E-state index in [9.17, 15) is 19.7 Å². The highest BCUT2D eigenvalue weighted by atomic mass is 16.6. The molecule has 29 heavy (non-hydrogen) atoms. The van der Waals surface area contributed by atoms with Gasteiger partial charge in [0.1, 0.15) is 11.4 Å². The average molecular weight is 398 g/mol. The number of hydrogen-bond donors (Lipinski definition) is 2. The normalized spacial score (nSPS) is 10.9. The number of hydrogen-bond acceptors (Lipinski definition) is 6. The lowest BCUT2D eigenvalue weighted by atomic mass is 10.1. The second-order valence-electron chi connectivity index (χ2n) is 6.23. The molecule has 0 fully saturated rings. The van der Waals surface area contributed by atoms with Crippen molar-refractivity contribution in [2.75, 3.05) is 12.4 Å². The molecule has 0 saturated carbocycles. The summed E-state index contributed by atoms with van der Waals surface area (Å²) < 4.78 is 4.96. The van der Waals surface area contributed by atoms with Crippen molar-refractivity contribution >= 4 is 28.9 Å². The Bertz CT molecular complexity index is 912. The molecule has 0 heterocycles. The molecule has 2 rings (SSSR count). The molecule has 0 bridgehead atoms. The number of anilines is 1. The molecule has 2 N–H and O–H groups in total. The first-order chi connectivity index (χ1) is 13.9. The van der Waals surface area contributed by atoms with Crippen LogP contribution >= 0.6 is 0 Å². The number of hydrazone groups is 1. The summed E-state index contributed by atoms with van der Waals surface area (Å²) in [6.07, 6.45) is 0.732. The maximum absolute atomic E-state index is 12.1. The molecule has 2 amide bonds. The average Bonchev–Trinajstić information content (AvgIpc) is 2.71. The molecule has 0 unspecified atom stereocenters. The van der Waals surface area contributed by atoms with E-state index < -0.39 is 10.8 Å². The van der Waals surface area contributed by atoms with Gasteiger partial charge in [0.05, 0.1) is 24.5 Å². The van der Waals surface area contributed by atoms with E-state index in [1.807, 2.05) is 30.3 Å². The van der Waals surface area contributed by atoms with Crippen molar-refractivity contribution in [2.24, 2.45) is 5.10 Å². The van der Waals surface area contributed by atoms with Gasteiger partial charge in [-0.2, -0.15) is 5.10 Å². The van der Waals surface area contributed by atoms with E-state index in [1.54, 1.807) is 6.92 Å². The Labute approximate surface area is 167 Å². The number of nitro benzene ring substituents is 1. The minimum absolute atomic E-state index is 0.0560. The topological polar surface area (TPSA) is 123 Å². The van der Waals surface area contributed by atoms with Crippen LogP contribution in [0.2, 0.25) is 0 Å². The summed E-state index contributed by atoms with van der Waals surface area (Å²) in [5.41, 5.74) is 3.60. The Balaban J connectivity index is 1.86. The van der Waals surface area contributed by atoms with Gasteiger partial charge in [-0.05, 0) is 31.0 Å². The van der Waals surface area contributed by atoms with Gasteiger partial charge in [-0.1, -0.05) is 30.3 Å². The SMILES string of the molecule is COc1ccc(NC(=O)C/C(C)=N/NC(=O)CCc2ccccc2)c([N+](=O)[O-])c1. The minimum atomic E-state index is -0.605. The highest BCUT2D eigenvalue weighted by Crippen LogP contribution is 2.29. The van der Waals surface area contributed by atoms with Crippen LogP contribution in [0.3, 0.4) is 0 Å². The number of nitrogens with one attached hydrogen (secondary N) is 2. The fraction of sp³-hybridized carbons (Fsp3) is 0.250. The molecule has 0 aliphatic rings. The fourth-order valence-electron chi connectivity index (χ4n) is 2.48. The van der Waals surface area contributed by atoms with E-state index in [2.05, 4.69) is 15.8 Å². The Morgan fingerprint density at radius 1 is 1.14 bits per heavy atom. The number of carbonyl (C=O) groups is 2. The second kappa shape index (κ2) is 10.5. The van der Waals surface area contributed by atoms with Crippen molar-refractivity contribution in [3.63, 3.8) is 0 Å². The zero-order valence-electron chi connectivity index (χ0n) is 16.2. The third-order valence-electron chi connectivity index (χ3n) is 3.95. The zero-order chi connectivity index (χ0) is 21.2. The molecule has 2 aromatic carbocycles. The van der Waals surface area contributed by atoms with Gasteiger partial charge < -0.3 is 10.1 Å². The van der Waals surface area contributed by atoms with Gasteiger partial charge in [0.15, 0.2) is 0 Å². The van der Waals surface area contributed by atoms with Gasteiger partial charge in [0.2, 0.25) is 11.8 Å². The monoisotopic (exact) mass is 398 g/mol.